The van der Waals surface area contributed by atoms with Crippen molar-refractivity contribution in [1.82, 2.24) is 15.2 Å². The minimum atomic E-state index is -2.84. The minimum Gasteiger partial charge on any atom is -0.415 e. The number of hydrogen-bond acceptors (Lipinski definition) is 4. The van der Waals surface area contributed by atoms with Gasteiger partial charge in [-0.25, -0.2) is 4.39 Å². The first-order valence-corrected chi connectivity index (χ1v) is 4.32. The molecule has 0 saturated carbocycles. The molecule has 2 aromatic rings. The number of halogens is 3. The Kier molecular flexibility index (Phi) is 2.59. The number of rotatable bonds is 2. The van der Waals surface area contributed by atoms with E-state index in [2.05, 4.69) is 19.6 Å². The fourth-order valence-electron chi connectivity index (χ4n) is 1.06. The number of aromatic nitrogens is 3. The molecule has 2 aromatic heterocycles. The van der Waals surface area contributed by atoms with Crippen LogP contribution in [-0.4, -0.2) is 15.2 Å². The van der Waals surface area contributed by atoms with Crippen LogP contribution < -0.4 is 0 Å². The Morgan fingerprint density at radius 2 is 2.06 bits per heavy atom. The highest BCUT2D eigenvalue weighted by Crippen LogP contribution is 2.23. The van der Waals surface area contributed by atoms with E-state index >= 15 is 0 Å². The van der Waals surface area contributed by atoms with Gasteiger partial charge in [-0.15, -0.1) is 10.2 Å². The van der Waals surface area contributed by atoms with Crippen LogP contribution in [-0.2, 0) is 0 Å². The summed E-state index contributed by atoms with van der Waals surface area (Å²) < 4.78 is 42.1. The van der Waals surface area contributed by atoms with Crippen LogP contribution in [0.15, 0.2) is 16.7 Å². The predicted molar refractivity (Wildman–Crippen MR) is 47.2 cm³/mol. The number of hydrogen-bond donors (Lipinski definition) is 0. The van der Waals surface area contributed by atoms with Crippen molar-refractivity contribution in [2.75, 3.05) is 0 Å². The molecule has 0 saturated heterocycles. The monoisotopic (exact) mass is 229 g/mol. The quantitative estimate of drug-likeness (QED) is 0.793. The van der Waals surface area contributed by atoms with Gasteiger partial charge in [0.15, 0.2) is 0 Å². The maximum absolute atomic E-state index is 13.1. The molecule has 0 atom stereocenters. The molecule has 0 amide bonds. The normalized spacial score (nSPS) is 11.1. The second-order valence-corrected chi connectivity index (χ2v) is 3.04. The molecule has 0 unspecified atom stereocenters. The first-order valence-electron chi connectivity index (χ1n) is 4.32. The number of pyridine rings is 1. The molecule has 0 radical (unpaired) electrons. The zero-order valence-corrected chi connectivity index (χ0v) is 8.12. The van der Waals surface area contributed by atoms with Crippen molar-refractivity contribution in [1.29, 1.82) is 0 Å². The van der Waals surface area contributed by atoms with Crippen molar-refractivity contribution >= 4 is 0 Å². The largest absolute Gasteiger partial charge is 0.415 e. The van der Waals surface area contributed by atoms with Crippen LogP contribution in [0.1, 0.15) is 18.0 Å². The van der Waals surface area contributed by atoms with E-state index in [1.165, 1.54) is 13.1 Å². The molecule has 16 heavy (non-hydrogen) atoms. The van der Waals surface area contributed by atoms with Crippen LogP contribution in [0.3, 0.4) is 0 Å². The topological polar surface area (TPSA) is 51.8 Å². The van der Waals surface area contributed by atoms with Crippen molar-refractivity contribution in [2.24, 2.45) is 0 Å². The zero-order valence-electron chi connectivity index (χ0n) is 8.12. The van der Waals surface area contributed by atoms with Crippen LogP contribution in [0.4, 0.5) is 13.2 Å². The summed E-state index contributed by atoms with van der Waals surface area (Å²) in [5, 5.41) is 6.50. The van der Waals surface area contributed by atoms with E-state index in [4.69, 9.17) is 0 Å². The van der Waals surface area contributed by atoms with Gasteiger partial charge in [0.25, 0.3) is 5.89 Å². The third kappa shape index (κ3) is 1.88. The van der Waals surface area contributed by atoms with Gasteiger partial charge in [-0.3, -0.25) is 4.98 Å². The van der Waals surface area contributed by atoms with Gasteiger partial charge in [-0.2, -0.15) is 8.78 Å². The summed E-state index contributed by atoms with van der Waals surface area (Å²) in [5.41, 5.74) is 0.375. The van der Waals surface area contributed by atoms with Gasteiger partial charge < -0.3 is 4.42 Å². The molecular weight excluding hydrogens is 223 g/mol. The maximum Gasteiger partial charge on any atom is 0.314 e. The zero-order chi connectivity index (χ0) is 11.7. The Morgan fingerprint density at radius 3 is 2.62 bits per heavy atom. The Hall–Kier alpha value is -1.92. The molecule has 84 valence electrons. The van der Waals surface area contributed by atoms with Crippen molar-refractivity contribution in [3.8, 4) is 11.5 Å². The lowest BCUT2D eigenvalue weighted by atomic mass is 10.2. The minimum absolute atomic E-state index is 0.169. The summed E-state index contributed by atoms with van der Waals surface area (Å²) >= 11 is 0. The summed E-state index contributed by atoms with van der Waals surface area (Å²) in [6.07, 6.45) is -1.56. The smallest absolute Gasteiger partial charge is 0.314 e. The molecule has 0 bridgehead atoms. The van der Waals surface area contributed by atoms with Crippen LogP contribution in [0.2, 0.25) is 0 Å². The van der Waals surface area contributed by atoms with E-state index < -0.39 is 18.1 Å². The van der Waals surface area contributed by atoms with E-state index in [0.717, 1.165) is 6.07 Å². The highest BCUT2D eigenvalue weighted by Gasteiger charge is 2.17. The lowest BCUT2D eigenvalue weighted by Gasteiger charge is -1.97. The summed E-state index contributed by atoms with van der Waals surface area (Å²) in [4.78, 5) is 3.72. The number of nitrogens with zero attached hydrogens (tertiary/aromatic N) is 3. The van der Waals surface area contributed by atoms with E-state index in [9.17, 15) is 13.2 Å². The van der Waals surface area contributed by atoms with Gasteiger partial charge in [0.05, 0.1) is 11.3 Å². The molecule has 0 aliphatic rings. The van der Waals surface area contributed by atoms with Crippen LogP contribution in [0.25, 0.3) is 11.5 Å². The SMILES string of the molecule is Cc1ncc(-c2nnc(C(F)F)o2)cc1F. The van der Waals surface area contributed by atoms with Crippen molar-refractivity contribution in [3.63, 3.8) is 0 Å². The van der Waals surface area contributed by atoms with Crippen molar-refractivity contribution in [3.05, 3.63) is 29.7 Å². The Balaban J connectivity index is 2.39. The number of aryl methyl sites for hydroxylation is 1. The van der Waals surface area contributed by atoms with E-state index in [1.54, 1.807) is 0 Å². The second-order valence-electron chi connectivity index (χ2n) is 3.04. The van der Waals surface area contributed by atoms with E-state index in [0.29, 0.717) is 0 Å². The lowest BCUT2D eigenvalue weighted by molar-refractivity contribution is 0.116. The van der Waals surface area contributed by atoms with Gasteiger partial charge in [-0.05, 0) is 13.0 Å². The second kappa shape index (κ2) is 3.92. The van der Waals surface area contributed by atoms with Crippen molar-refractivity contribution < 1.29 is 17.6 Å². The first kappa shape index (κ1) is 10.6. The summed E-state index contributed by atoms with van der Waals surface area (Å²) in [7, 11) is 0. The van der Waals surface area contributed by atoms with E-state index in [-0.39, 0.29) is 17.1 Å². The third-order valence-electron chi connectivity index (χ3n) is 1.90. The number of alkyl halides is 2. The van der Waals surface area contributed by atoms with Crippen LogP contribution in [0, 0.1) is 12.7 Å². The molecule has 0 N–H and O–H groups in total. The van der Waals surface area contributed by atoms with Crippen LogP contribution in [0.5, 0.6) is 0 Å². The molecule has 0 aliphatic carbocycles. The Labute approximate surface area is 88.1 Å². The molecule has 0 spiro atoms. The highest BCUT2D eigenvalue weighted by molar-refractivity contribution is 5.51. The van der Waals surface area contributed by atoms with Gasteiger partial charge in [0, 0.05) is 6.20 Å². The Morgan fingerprint density at radius 1 is 1.31 bits per heavy atom. The summed E-state index contributed by atoms with van der Waals surface area (Å²) in [6, 6.07) is 1.10. The van der Waals surface area contributed by atoms with E-state index in [1.807, 2.05) is 0 Å². The molecule has 2 heterocycles. The fourth-order valence-corrected chi connectivity index (χ4v) is 1.06. The Bertz CT molecular complexity index is 512. The molecule has 2 rings (SSSR count). The molecular formula is C9H6F3N3O. The van der Waals surface area contributed by atoms with Crippen molar-refractivity contribution in [2.45, 2.75) is 13.3 Å². The van der Waals surface area contributed by atoms with Gasteiger partial charge in [0.1, 0.15) is 5.82 Å². The first-order chi connectivity index (χ1) is 7.58. The molecule has 4 nitrogen and oxygen atoms in total. The predicted octanol–water partition coefficient (Wildman–Crippen LogP) is 2.52. The van der Waals surface area contributed by atoms with Gasteiger partial charge >= 0.3 is 6.43 Å². The summed E-state index contributed by atoms with van der Waals surface area (Å²) in [5.74, 6) is -1.54. The summed E-state index contributed by atoms with van der Waals surface area (Å²) in [6.45, 7) is 1.48. The maximum atomic E-state index is 13.1. The van der Waals surface area contributed by atoms with Gasteiger partial charge in [-0.1, -0.05) is 0 Å². The fraction of sp³-hybridized carbons (Fsp3) is 0.222. The molecule has 0 aliphatic heterocycles. The third-order valence-corrected chi connectivity index (χ3v) is 1.90. The highest BCUT2D eigenvalue weighted by atomic mass is 19.3. The molecule has 7 heteroatoms. The molecule has 0 fully saturated rings. The average molecular weight is 229 g/mol. The molecule has 0 aromatic carbocycles. The van der Waals surface area contributed by atoms with Gasteiger partial charge in [0.2, 0.25) is 5.89 Å². The average Bonchev–Trinajstić information content (AvgIpc) is 2.71. The lowest BCUT2D eigenvalue weighted by Crippen LogP contribution is -1.89. The standard InChI is InChI=1S/C9H6F3N3O/c1-4-6(10)2-5(3-13-4)8-14-15-9(16-8)7(11)12/h2-3,7H,1H3. The van der Waals surface area contributed by atoms with Crippen LogP contribution >= 0.6 is 0 Å².